The van der Waals surface area contributed by atoms with Crippen molar-refractivity contribution in [2.45, 2.75) is 83.8 Å². The summed E-state index contributed by atoms with van der Waals surface area (Å²) in [5, 5.41) is 20.1. The fourth-order valence-corrected chi connectivity index (χ4v) is 6.49. The third kappa shape index (κ3) is 4.29. The summed E-state index contributed by atoms with van der Waals surface area (Å²) in [6.45, 7) is 8.81. The number of carbonyl (C=O) groups is 1. The Morgan fingerprint density at radius 2 is 1.97 bits per heavy atom. The second-order valence-corrected chi connectivity index (χ2v) is 10.6. The first-order chi connectivity index (χ1) is 14.3. The van der Waals surface area contributed by atoms with Crippen LogP contribution in [0.25, 0.3) is 0 Å². The van der Waals surface area contributed by atoms with Crippen molar-refractivity contribution in [1.82, 2.24) is 0 Å². The van der Waals surface area contributed by atoms with Crippen molar-refractivity contribution < 1.29 is 15.0 Å². The smallest absolute Gasteiger partial charge is 0.158 e. The zero-order valence-corrected chi connectivity index (χ0v) is 18.6. The summed E-state index contributed by atoms with van der Waals surface area (Å²) < 4.78 is 0. The number of hydrogen-bond acceptors (Lipinski definition) is 3. The Kier molecular flexibility index (Phi) is 6.23. The monoisotopic (exact) mass is 410 g/mol. The molecular formula is C27H38O3. The van der Waals surface area contributed by atoms with Gasteiger partial charge in [-0.1, -0.05) is 44.2 Å². The minimum Gasteiger partial charge on any atom is -0.393 e. The molecule has 6 atom stereocenters. The van der Waals surface area contributed by atoms with E-state index in [4.69, 9.17) is 0 Å². The van der Waals surface area contributed by atoms with Crippen LogP contribution in [-0.2, 0) is 4.79 Å². The molecule has 0 radical (unpaired) electrons. The zero-order chi connectivity index (χ0) is 21.5. The Morgan fingerprint density at radius 1 is 1.20 bits per heavy atom. The van der Waals surface area contributed by atoms with Crippen molar-refractivity contribution in [1.29, 1.82) is 0 Å². The highest BCUT2D eigenvalue weighted by Gasteiger charge is 2.50. The van der Waals surface area contributed by atoms with Gasteiger partial charge in [-0.2, -0.15) is 0 Å². The Hall–Kier alpha value is -1.45. The van der Waals surface area contributed by atoms with Gasteiger partial charge in [0.2, 0.25) is 0 Å². The molecule has 4 aliphatic carbocycles. The lowest BCUT2D eigenvalue weighted by Gasteiger charge is -2.44. The van der Waals surface area contributed by atoms with Crippen LogP contribution in [-0.4, -0.2) is 28.2 Å². The summed E-state index contributed by atoms with van der Waals surface area (Å²) in [5.74, 6) is 2.28. The van der Waals surface area contributed by atoms with E-state index < -0.39 is 12.2 Å². The lowest BCUT2D eigenvalue weighted by Crippen LogP contribution is -2.35. The minimum atomic E-state index is -0.628. The van der Waals surface area contributed by atoms with Crippen LogP contribution in [0.4, 0.5) is 0 Å². The molecule has 4 rings (SSSR count). The van der Waals surface area contributed by atoms with Crippen molar-refractivity contribution in [3.05, 3.63) is 47.6 Å². The maximum Gasteiger partial charge on any atom is 0.158 e. The summed E-state index contributed by atoms with van der Waals surface area (Å²) >= 11 is 0. The lowest BCUT2D eigenvalue weighted by molar-refractivity contribution is -0.115. The summed E-state index contributed by atoms with van der Waals surface area (Å²) in [7, 11) is 0. The first-order valence-electron chi connectivity index (χ1n) is 12.0. The molecule has 4 saturated carbocycles. The van der Waals surface area contributed by atoms with Crippen LogP contribution in [0.2, 0.25) is 0 Å². The quantitative estimate of drug-likeness (QED) is 0.605. The molecule has 0 aromatic rings. The van der Waals surface area contributed by atoms with Crippen LogP contribution in [0, 0.1) is 29.1 Å². The first kappa shape index (κ1) is 21.8. The van der Waals surface area contributed by atoms with Gasteiger partial charge in [0.15, 0.2) is 5.78 Å². The number of carbonyl (C=O) groups excluding carboxylic acids is 1. The first-order valence-corrected chi connectivity index (χ1v) is 12.0. The van der Waals surface area contributed by atoms with E-state index in [1.165, 1.54) is 31.3 Å². The number of aliphatic hydroxyl groups excluding tert-OH is 2. The second-order valence-electron chi connectivity index (χ2n) is 10.6. The fraction of sp³-hybridized carbons (Fsp3) is 0.667. The van der Waals surface area contributed by atoms with E-state index in [0.717, 1.165) is 30.4 Å². The molecule has 3 nitrogen and oxygen atoms in total. The van der Waals surface area contributed by atoms with Gasteiger partial charge < -0.3 is 10.2 Å². The highest BCUT2D eigenvalue weighted by atomic mass is 16.3. The molecule has 0 amide bonds. The number of fused-ring (bicyclic) bond motifs is 1. The van der Waals surface area contributed by atoms with Gasteiger partial charge in [-0.15, -0.1) is 0 Å². The molecule has 0 spiro atoms. The normalized spacial score (nSPS) is 40.9. The van der Waals surface area contributed by atoms with Crippen molar-refractivity contribution >= 4 is 5.78 Å². The Balaban J connectivity index is 1.49. The Bertz CT molecular complexity index is 784. The summed E-state index contributed by atoms with van der Waals surface area (Å²) in [4.78, 5) is 12.1. The molecule has 2 N–H and O–H groups in total. The van der Waals surface area contributed by atoms with Gasteiger partial charge in [0.1, 0.15) is 0 Å². The molecule has 0 aliphatic heterocycles. The average molecular weight is 411 g/mol. The number of ketones is 1. The van der Waals surface area contributed by atoms with Crippen LogP contribution < -0.4 is 0 Å². The Labute approximate surface area is 181 Å². The minimum absolute atomic E-state index is 0.289. The molecule has 0 aromatic heterocycles. The summed E-state index contributed by atoms with van der Waals surface area (Å²) in [6.07, 6.45) is 16.5. The average Bonchev–Trinajstić information content (AvgIpc) is 3.49. The fourth-order valence-electron chi connectivity index (χ4n) is 6.49. The third-order valence-corrected chi connectivity index (χ3v) is 8.48. The zero-order valence-electron chi connectivity index (χ0n) is 18.6. The lowest BCUT2D eigenvalue weighted by atomic mass is 9.61. The van der Waals surface area contributed by atoms with E-state index in [-0.39, 0.29) is 5.41 Å². The van der Waals surface area contributed by atoms with E-state index >= 15 is 0 Å². The van der Waals surface area contributed by atoms with Crippen molar-refractivity contribution in [3.63, 3.8) is 0 Å². The van der Waals surface area contributed by atoms with Gasteiger partial charge in [0.05, 0.1) is 12.2 Å². The summed E-state index contributed by atoms with van der Waals surface area (Å²) in [5.41, 5.74) is 3.56. The predicted octanol–water partition coefficient (Wildman–Crippen LogP) is 5.30. The van der Waals surface area contributed by atoms with E-state index in [9.17, 15) is 15.0 Å². The van der Waals surface area contributed by atoms with Crippen molar-refractivity contribution in [3.8, 4) is 0 Å². The van der Waals surface area contributed by atoms with E-state index in [2.05, 4.69) is 38.7 Å². The standard InChI is InChI=1S/C27H38O3/c1-17(6-13-25(29)20-8-9-20)23-11-12-24-19(5-4-14-27(23,24)3)7-10-21-15-22(28)16-26(30)18(21)2/h6-7,10,13,17,20,22-24,26,28,30H,2,4-5,8-9,11-12,14-16H2,1,3H3/t17-,22-,23-,24?,26+,27-/m1/s1. The highest BCUT2D eigenvalue weighted by molar-refractivity contribution is 5.93. The molecule has 0 bridgehead atoms. The molecule has 4 fully saturated rings. The van der Waals surface area contributed by atoms with Crippen LogP contribution in [0.3, 0.4) is 0 Å². The number of allylic oxidation sites excluding steroid dienone is 5. The SMILES string of the molecule is C=C1C(=CC=C2CCC[C@@]3(C)C2CC[C@@H]3[C@H](C)C=CC(=O)C2CC2)C[C@@H](O)C[C@@H]1O. The van der Waals surface area contributed by atoms with Crippen molar-refractivity contribution in [2.75, 3.05) is 0 Å². The largest absolute Gasteiger partial charge is 0.393 e. The van der Waals surface area contributed by atoms with Crippen molar-refractivity contribution in [2.24, 2.45) is 29.1 Å². The van der Waals surface area contributed by atoms with Crippen LogP contribution in [0.1, 0.15) is 71.6 Å². The molecule has 3 heteroatoms. The van der Waals surface area contributed by atoms with Crippen LogP contribution in [0.5, 0.6) is 0 Å². The molecule has 0 heterocycles. The number of rotatable bonds is 5. The maximum absolute atomic E-state index is 12.1. The second kappa shape index (κ2) is 8.59. The van der Waals surface area contributed by atoms with Gasteiger partial charge in [-0.05, 0) is 91.8 Å². The highest BCUT2D eigenvalue weighted by Crippen LogP contribution is 2.59. The predicted molar refractivity (Wildman–Crippen MR) is 121 cm³/mol. The molecule has 1 unspecified atom stereocenters. The van der Waals surface area contributed by atoms with E-state index in [0.29, 0.717) is 42.3 Å². The van der Waals surface area contributed by atoms with E-state index in [1.807, 2.05) is 6.08 Å². The van der Waals surface area contributed by atoms with Gasteiger partial charge in [0, 0.05) is 12.3 Å². The topological polar surface area (TPSA) is 57.5 Å². The molecule has 0 aromatic carbocycles. The molecule has 4 aliphatic rings. The Morgan fingerprint density at radius 3 is 2.70 bits per heavy atom. The third-order valence-electron chi connectivity index (χ3n) is 8.48. The van der Waals surface area contributed by atoms with Gasteiger partial charge in [-0.25, -0.2) is 0 Å². The molecular weight excluding hydrogens is 372 g/mol. The van der Waals surface area contributed by atoms with Gasteiger partial charge in [0.25, 0.3) is 0 Å². The summed E-state index contributed by atoms with van der Waals surface area (Å²) in [6, 6.07) is 0. The number of aliphatic hydroxyl groups is 2. The van der Waals surface area contributed by atoms with Crippen LogP contribution in [0.15, 0.2) is 47.6 Å². The van der Waals surface area contributed by atoms with Crippen LogP contribution >= 0.6 is 0 Å². The van der Waals surface area contributed by atoms with E-state index in [1.54, 1.807) is 0 Å². The maximum atomic E-state index is 12.1. The van der Waals surface area contributed by atoms with Gasteiger partial charge >= 0.3 is 0 Å². The number of hydrogen-bond donors (Lipinski definition) is 2. The molecule has 0 saturated heterocycles. The van der Waals surface area contributed by atoms with Gasteiger partial charge in [-0.3, -0.25) is 4.79 Å². The molecule has 164 valence electrons. The molecule has 30 heavy (non-hydrogen) atoms.